The summed E-state index contributed by atoms with van der Waals surface area (Å²) in [6, 6.07) is 4.11. The topological polar surface area (TPSA) is 40.2 Å². The number of nitrogens with one attached hydrogen (secondary N) is 2. The van der Waals surface area contributed by atoms with Crippen molar-refractivity contribution in [3.05, 3.63) is 24.0 Å². The van der Waals surface area contributed by atoms with Crippen molar-refractivity contribution in [1.29, 1.82) is 0 Å². The monoisotopic (exact) mass is 234 g/mol. The fourth-order valence-electron chi connectivity index (χ4n) is 2.13. The molecule has 0 saturated carbocycles. The van der Waals surface area contributed by atoms with Crippen LogP contribution in [0.25, 0.3) is 0 Å². The molecule has 0 bridgehead atoms. The van der Waals surface area contributed by atoms with E-state index in [1.165, 1.54) is 31.7 Å². The number of nitrogens with zero attached hydrogens (tertiary/aromatic N) is 2. The maximum absolute atomic E-state index is 4.19. The van der Waals surface area contributed by atoms with Gasteiger partial charge in [0.1, 0.15) is 0 Å². The van der Waals surface area contributed by atoms with E-state index in [-0.39, 0.29) is 0 Å². The summed E-state index contributed by atoms with van der Waals surface area (Å²) in [7, 11) is 0. The summed E-state index contributed by atoms with van der Waals surface area (Å²) in [5.41, 5.74) is 2.25. The standard InChI is InChI=1S/C13H22N4/c1-12-11-13(3-5-15-12)16-4-2-8-17-9-6-14-7-10-17/h3,5,11,14H,2,4,6-10H2,1H3,(H,15,16). The molecule has 2 heterocycles. The lowest BCUT2D eigenvalue weighted by molar-refractivity contribution is 0.240. The van der Waals surface area contributed by atoms with Crippen molar-refractivity contribution < 1.29 is 0 Å². The lowest BCUT2D eigenvalue weighted by Gasteiger charge is -2.27. The predicted octanol–water partition coefficient (Wildman–Crippen LogP) is 1.10. The van der Waals surface area contributed by atoms with E-state index in [0.29, 0.717) is 0 Å². The first-order valence-electron chi connectivity index (χ1n) is 6.44. The lowest BCUT2D eigenvalue weighted by Crippen LogP contribution is -2.44. The highest BCUT2D eigenvalue weighted by atomic mass is 15.2. The minimum Gasteiger partial charge on any atom is -0.385 e. The Balaban J connectivity index is 1.62. The number of hydrogen-bond donors (Lipinski definition) is 2. The Labute approximate surface area is 103 Å². The van der Waals surface area contributed by atoms with Crippen LogP contribution in [0.15, 0.2) is 18.3 Å². The second kappa shape index (κ2) is 6.57. The van der Waals surface area contributed by atoms with Crippen molar-refractivity contribution in [2.75, 3.05) is 44.6 Å². The van der Waals surface area contributed by atoms with Gasteiger partial charge in [0.25, 0.3) is 0 Å². The first-order chi connectivity index (χ1) is 8.34. The first kappa shape index (κ1) is 12.3. The van der Waals surface area contributed by atoms with Crippen LogP contribution >= 0.6 is 0 Å². The van der Waals surface area contributed by atoms with Gasteiger partial charge in [0, 0.05) is 50.3 Å². The van der Waals surface area contributed by atoms with Gasteiger partial charge in [-0.05, 0) is 32.0 Å². The van der Waals surface area contributed by atoms with E-state index in [9.17, 15) is 0 Å². The van der Waals surface area contributed by atoms with Gasteiger partial charge in [0.05, 0.1) is 0 Å². The molecule has 0 unspecified atom stereocenters. The van der Waals surface area contributed by atoms with E-state index in [1.54, 1.807) is 0 Å². The summed E-state index contributed by atoms with van der Waals surface area (Å²) in [6.07, 6.45) is 3.05. The van der Waals surface area contributed by atoms with Crippen LogP contribution in [-0.2, 0) is 0 Å². The first-order valence-corrected chi connectivity index (χ1v) is 6.44. The maximum Gasteiger partial charge on any atom is 0.0393 e. The average molecular weight is 234 g/mol. The van der Waals surface area contributed by atoms with Crippen LogP contribution in [0.3, 0.4) is 0 Å². The summed E-state index contributed by atoms with van der Waals surface area (Å²) < 4.78 is 0. The zero-order chi connectivity index (χ0) is 11.9. The molecule has 17 heavy (non-hydrogen) atoms. The van der Waals surface area contributed by atoms with Gasteiger partial charge in [-0.1, -0.05) is 0 Å². The molecule has 4 heteroatoms. The van der Waals surface area contributed by atoms with Gasteiger partial charge < -0.3 is 15.5 Å². The fourth-order valence-corrected chi connectivity index (χ4v) is 2.13. The Morgan fingerprint density at radius 3 is 3.00 bits per heavy atom. The number of rotatable bonds is 5. The molecule has 1 aromatic heterocycles. The quantitative estimate of drug-likeness (QED) is 0.749. The molecule has 1 fully saturated rings. The maximum atomic E-state index is 4.19. The van der Waals surface area contributed by atoms with Gasteiger partial charge in [-0.3, -0.25) is 4.98 Å². The summed E-state index contributed by atoms with van der Waals surface area (Å²) in [5.74, 6) is 0. The molecule has 1 aliphatic rings. The van der Waals surface area contributed by atoms with Crippen molar-refractivity contribution >= 4 is 5.69 Å². The third kappa shape index (κ3) is 4.32. The van der Waals surface area contributed by atoms with Crippen molar-refractivity contribution in [3.63, 3.8) is 0 Å². The molecule has 0 radical (unpaired) electrons. The van der Waals surface area contributed by atoms with Gasteiger partial charge >= 0.3 is 0 Å². The van der Waals surface area contributed by atoms with Gasteiger partial charge in [-0.15, -0.1) is 0 Å². The number of hydrogen-bond acceptors (Lipinski definition) is 4. The number of anilines is 1. The van der Waals surface area contributed by atoms with Crippen LogP contribution in [0.2, 0.25) is 0 Å². The highest BCUT2D eigenvalue weighted by Gasteiger charge is 2.07. The molecule has 1 aromatic rings. The number of aromatic nitrogens is 1. The summed E-state index contributed by atoms with van der Waals surface area (Å²) in [4.78, 5) is 6.71. The van der Waals surface area contributed by atoms with Gasteiger partial charge in [0.2, 0.25) is 0 Å². The van der Waals surface area contributed by atoms with Gasteiger partial charge in [0.15, 0.2) is 0 Å². The zero-order valence-corrected chi connectivity index (χ0v) is 10.6. The smallest absolute Gasteiger partial charge is 0.0393 e. The van der Waals surface area contributed by atoms with Crippen LogP contribution < -0.4 is 10.6 Å². The molecular formula is C13H22N4. The van der Waals surface area contributed by atoms with Crippen LogP contribution in [0, 0.1) is 6.92 Å². The minimum atomic E-state index is 1.04. The fraction of sp³-hybridized carbons (Fsp3) is 0.615. The average Bonchev–Trinajstić information content (AvgIpc) is 2.36. The van der Waals surface area contributed by atoms with E-state index >= 15 is 0 Å². The zero-order valence-electron chi connectivity index (χ0n) is 10.6. The largest absolute Gasteiger partial charge is 0.385 e. The van der Waals surface area contributed by atoms with E-state index in [1.807, 2.05) is 19.2 Å². The second-order valence-corrected chi connectivity index (χ2v) is 4.56. The Bertz CT molecular complexity index is 334. The molecule has 1 saturated heterocycles. The Morgan fingerprint density at radius 2 is 2.24 bits per heavy atom. The Hall–Kier alpha value is -1.13. The van der Waals surface area contributed by atoms with E-state index < -0.39 is 0 Å². The molecule has 4 nitrogen and oxygen atoms in total. The van der Waals surface area contributed by atoms with Crippen molar-refractivity contribution in [1.82, 2.24) is 15.2 Å². The Morgan fingerprint density at radius 1 is 1.41 bits per heavy atom. The van der Waals surface area contributed by atoms with Crippen LogP contribution in [-0.4, -0.2) is 49.2 Å². The summed E-state index contributed by atoms with van der Waals surface area (Å²) in [5, 5.41) is 6.82. The number of aryl methyl sites for hydroxylation is 1. The predicted molar refractivity (Wildman–Crippen MR) is 71.4 cm³/mol. The molecule has 2 rings (SSSR count). The lowest BCUT2D eigenvalue weighted by atomic mass is 10.3. The second-order valence-electron chi connectivity index (χ2n) is 4.56. The van der Waals surface area contributed by atoms with Gasteiger partial charge in [-0.2, -0.15) is 0 Å². The molecule has 94 valence electrons. The summed E-state index contributed by atoms with van der Waals surface area (Å²) >= 11 is 0. The van der Waals surface area contributed by atoms with E-state index in [2.05, 4.69) is 26.6 Å². The molecule has 0 spiro atoms. The SMILES string of the molecule is Cc1cc(NCCCN2CCNCC2)ccn1. The minimum absolute atomic E-state index is 1.04. The van der Waals surface area contributed by atoms with Crippen LogP contribution in [0.4, 0.5) is 5.69 Å². The molecule has 2 N–H and O–H groups in total. The van der Waals surface area contributed by atoms with Crippen LogP contribution in [0.5, 0.6) is 0 Å². The molecule has 0 amide bonds. The third-order valence-electron chi connectivity index (χ3n) is 3.09. The van der Waals surface area contributed by atoms with E-state index in [0.717, 1.165) is 25.3 Å². The number of pyridine rings is 1. The normalized spacial score (nSPS) is 17.0. The van der Waals surface area contributed by atoms with Gasteiger partial charge in [-0.25, -0.2) is 0 Å². The molecule has 0 aliphatic carbocycles. The van der Waals surface area contributed by atoms with Crippen molar-refractivity contribution in [2.45, 2.75) is 13.3 Å². The van der Waals surface area contributed by atoms with Crippen molar-refractivity contribution in [3.8, 4) is 0 Å². The molecule has 0 aromatic carbocycles. The molecular weight excluding hydrogens is 212 g/mol. The Kier molecular flexibility index (Phi) is 4.76. The highest BCUT2D eigenvalue weighted by molar-refractivity contribution is 5.42. The van der Waals surface area contributed by atoms with Crippen LogP contribution in [0.1, 0.15) is 12.1 Å². The molecule has 1 aliphatic heterocycles. The number of piperazine rings is 1. The highest BCUT2D eigenvalue weighted by Crippen LogP contribution is 2.06. The third-order valence-corrected chi connectivity index (χ3v) is 3.09. The summed E-state index contributed by atoms with van der Waals surface area (Å²) in [6.45, 7) is 8.90. The molecule has 0 atom stereocenters. The van der Waals surface area contributed by atoms with Crippen molar-refractivity contribution in [2.24, 2.45) is 0 Å². The van der Waals surface area contributed by atoms with E-state index in [4.69, 9.17) is 0 Å².